The van der Waals surface area contributed by atoms with Gasteiger partial charge in [-0.05, 0) is 13.0 Å². The molecule has 0 aromatic heterocycles. The predicted molar refractivity (Wildman–Crippen MR) is 75.8 cm³/mol. The summed E-state index contributed by atoms with van der Waals surface area (Å²) < 4.78 is 0. The fourth-order valence-corrected chi connectivity index (χ4v) is 1.40. The van der Waals surface area contributed by atoms with Crippen LogP contribution in [0.5, 0.6) is 0 Å². The van der Waals surface area contributed by atoms with Crippen LogP contribution in [0.15, 0.2) is 18.2 Å². The summed E-state index contributed by atoms with van der Waals surface area (Å²) in [5.74, 6) is -0.934. The molecule has 0 aliphatic heterocycles. The number of hydrogen-bond donors (Lipinski definition) is 3. The van der Waals surface area contributed by atoms with Gasteiger partial charge < -0.3 is 16.4 Å². The highest BCUT2D eigenvalue weighted by atomic mass is 35.5. The summed E-state index contributed by atoms with van der Waals surface area (Å²) in [5.41, 5.74) is 5.68. The first-order valence-electron chi connectivity index (χ1n) is 5.46. The van der Waals surface area contributed by atoms with Crippen molar-refractivity contribution in [1.29, 1.82) is 0 Å². The van der Waals surface area contributed by atoms with Crippen LogP contribution in [0.1, 0.15) is 5.56 Å². The molecule has 20 heavy (non-hydrogen) atoms. The van der Waals surface area contributed by atoms with Crippen LogP contribution in [0.2, 0.25) is 0 Å². The average molecular weight is 303 g/mol. The molecule has 0 atom stereocenters. The molecule has 0 saturated heterocycles. The largest absolute Gasteiger partial charge is 0.346 e. The second-order valence-corrected chi connectivity index (χ2v) is 3.74. The van der Waals surface area contributed by atoms with E-state index in [1.54, 1.807) is 6.07 Å². The van der Waals surface area contributed by atoms with Crippen molar-refractivity contribution in [2.75, 3.05) is 18.4 Å². The predicted octanol–water partition coefficient (Wildman–Crippen LogP) is 0.338. The van der Waals surface area contributed by atoms with Crippen molar-refractivity contribution in [3.8, 4) is 0 Å². The summed E-state index contributed by atoms with van der Waals surface area (Å²) in [6.07, 6.45) is 0. The lowest BCUT2D eigenvalue weighted by Gasteiger charge is -2.09. The Bertz CT molecular complexity index is 521. The van der Waals surface area contributed by atoms with Crippen LogP contribution in [0.4, 0.5) is 11.4 Å². The Morgan fingerprint density at radius 3 is 2.55 bits per heavy atom. The fraction of sp³-hybridized carbons (Fsp3) is 0.273. The van der Waals surface area contributed by atoms with Crippen LogP contribution in [-0.2, 0) is 9.59 Å². The highest BCUT2D eigenvalue weighted by Gasteiger charge is 2.14. The summed E-state index contributed by atoms with van der Waals surface area (Å²) in [4.78, 5) is 32.6. The third-order valence-electron chi connectivity index (χ3n) is 2.41. The zero-order valence-corrected chi connectivity index (χ0v) is 11.5. The van der Waals surface area contributed by atoms with E-state index < -0.39 is 16.7 Å². The number of nitro benzene ring substituents is 1. The number of nitrogens with zero attached hydrogens (tertiary/aromatic N) is 1. The standard InChI is InChI=1S/C11H14N4O4.ClH/c1-7-8(3-2-4-9(7)15(18)19)14-11(17)6-13-10(16)5-12;/h2-4H,5-6,12H2,1H3,(H,13,16)(H,14,17);1H. The molecule has 0 aliphatic carbocycles. The van der Waals surface area contributed by atoms with Crippen LogP contribution >= 0.6 is 12.4 Å². The average Bonchev–Trinajstić information content (AvgIpc) is 2.38. The van der Waals surface area contributed by atoms with E-state index in [-0.39, 0.29) is 31.2 Å². The Morgan fingerprint density at radius 2 is 2.00 bits per heavy atom. The first kappa shape index (κ1) is 17.8. The van der Waals surface area contributed by atoms with Crippen LogP contribution in [0.3, 0.4) is 0 Å². The Labute approximate surface area is 121 Å². The number of rotatable bonds is 5. The molecule has 9 heteroatoms. The van der Waals surface area contributed by atoms with Crippen molar-refractivity contribution in [2.45, 2.75) is 6.92 Å². The number of nitrogens with two attached hydrogens (primary N) is 1. The summed E-state index contributed by atoms with van der Waals surface area (Å²) in [7, 11) is 0. The smallest absolute Gasteiger partial charge is 0.274 e. The first-order valence-corrected chi connectivity index (χ1v) is 5.46. The lowest BCUT2D eigenvalue weighted by Crippen LogP contribution is -2.36. The van der Waals surface area contributed by atoms with Crippen LogP contribution in [0.25, 0.3) is 0 Å². The monoisotopic (exact) mass is 302 g/mol. The first-order chi connectivity index (χ1) is 8.95. The molecule has 0 fully saturated rings. The number of nitro groups is 1. The van der Waals surface area contributed by atoms with Gasteiger partial charge >= 0.3 is 0 Å². The maximum Gasteiger partial charge on any atom is 0.274 e. The van der Waals surface area contributed by atoms with Gasteiger partial charge in [-0.2, -0.15) is 0 Å². The molecule has 4 N–H and O–H groups in total. The molecule has 0 spiro atoms. The van der Waals surface area contributed by atoms with Crippen molar-refractivity contribution in [2.24, 2.45) is 5.73 Å². The van der Waals surface area contributed by atoms with Gasteiger partial charge in [0.05, 0.1) is 29.3 Å². The summed E-state index contributed by atoms with van der Waals surface area (Å²) in [5, 5.41) is 15.5. The number of hydrogen-bond acceptors (Lipinski definition) is 5. The summed E-state index contributed by atoms with van der Waals surface area (Å²) in [6, 6.07) is 4.37. The summed E-state index contributed by atoms with van der Waals surface area (Å²) in [6.45, 7) is 1.09. The quantitative estimate of drug-likeness (QED) is 0.534. The molecule has 1 rings (SSSR count). The van der Waals surface area contributed by atoms with Gasteiger partial charge in [0.1, 0.15) is 0 Å². The number of anilines is 1. The van der Waals surface area contributed by atoms with Gasteiger partial charge in [0, 0.05) is 6.07 Å². The molecule has 0 aliphatic rings. The highest BCUT2D eigenvalue weighted by Crippen LogP contribution is 2.24. The van der Waals surface area contributed by atoms with E-state index in [1.807, 2.05) is 0 Å². The number of amides is 2. The van der Waals surface area contributed by atoms with Gasteiger partial charge in [0.25, 0.3) is 5.69 Å². The van der Waals surface area contributed by atoms with Gasteiger partial charge in [-0.3, -0.25) is 19.7 Å². The van der Waals surface area contributed by atoms with Crippen LogP contribution < -0.4 is 16.4 Å². The Balaban J connectivity index is 0.00000361. The molecule has 0 unspecified atom stereocenters. The second kappa shape index (κ2) is 8.08. The highest BCUT2D eigenvalue weighted by molar-refractivity contribution is 5.95. The normalized spacial score (nSPS) is 9.30. The molecule has 0 heterocycles. The SMILES string of the molecule is Cc1c(NC(=O)CNC(=O)CN)cccc1[N+](=O)[O-].Cl. The van der Waals surface area contributed by atoms with Crippen molar-refractivity contribution in [3.63, 3.8) is 0 Å². The van der Waals surface area contributed by atoms with Gasteiger partial charge in [-0.15, -0.1) is 12.4 Å². The van der Waals surface area contributed by atoms with Crippen LogP contribution in [-0.4, -0.2) is 29.8 Å². The maximum absolute atomic E-state index is 11.5. The second-order valence-electron chi connectivity index (χ2n) is 3.74. The number of halogens is 1. The van der Waals surface area contributed by atoms with E-state index in [1.165, 1.54) is 19.1 Å². The van der Waals surface area contributed by atoms with E-state index in [4.69, 9.17) is 5.73 Å². The van der Waals surface area contributed by atoms with Crippen molar-refractivity contribution in [3.05, 3.63) is 33.9 Å². The van der Waals surface area contributed by atoms with E-state index in [0.29, 0.717) is 11.3 Å². The van der Waals surface area contributed by atoms with E-state index >= 15 is 0 Å². The fourth-order valence-electron chi connectivity index (χ4n) is 1.40. The molecule has 110 valence electrons. The zero-order chi connectivity index (χ0) is 14.4. The molecular weight excluding hydrogens is 288 g/mol. The van der Waals surface area contributed by atoms with Gasteiger partial charge in [0.2, 0.25) is 11.8 Å². The lowest BCUT2D eigenvalue weighted by molar-refractivity contribution is -0.385. The molecule has 0 radical (unpaired) electrons. The van der Waals surface area contributed by atoms with Gasteiger partial charge in [0.15, 0.2) is 0 Å². The van der Waals surface area contributed by atoms with Gasteiger partial charge in [-0.1, -0.05) is 6.07 Å². The van der Waals surface area contributed by atoms with E-state index in [2.05, 4.69) is 10.6 Å². The Kier molecular flexibility index (Phi) is 7.19. The number of carbonyl (C=O) groups is 2. The molecule has 1 aromatic carbocycles. The molecule has 8 nitrogen and oxygen atoms in total. The zero-order valence-electron chi connectivity index (χ0n) is 10.7. The minimum atomic E-state index is -0.527. The van der Waals surface area contributed by atoms with E-state index in [0.717, 1.165) is 0 Å². The molecule has 0 bridgehead atoms. The van der Waals surface area contributed by atoms with E-state index in [9.17, 15) is 19.7 Å². The van der Waals surface area contributed by atoms with Crippen molar-refractivity contribution < 1.29 is 14.5 Å². The minimum Gasteiger partial charge on any atom is -0.346 e. The number of nitrogens with one attached hydrogen (secondary N) is 2. The van der Waals surface area contributed by atoms with Gasteiger partial charge in [-0.25, -0.2) is 0 Å². The molecule has 1 aromatic rings. The minimum absolute atomic E-state index is 0. The third-order valence-corrected chi connectivity index (χ3v) is 2.41. The third kappa shape index (κ3) is 4.82. The number of benzene rings is 1. The maximum atomic E-state index is 11.5. The Morgan fingerprint density at radius 1 is 1.35 bits per heavy atom. The number of carbonyl (C=O) groups excluding carboxylic acids is 2. The Hall–Kier alpha value is -2.19. The van der Waals surface area contributed by atoms with Crippen LogP contribution in [0, 0.1) is 17.0 Å². The van der Waals surface area contributed by atoms with Crippen molar-refractivity contribution >= 4 is 35.6 Å². The topological polar surface area (TPSA) is 127 Å². The molecule has 0 saturated carbocycles. The molecular formula is C11H15ClN4O4. The lowest BCUT2D eigenvalue weighted by atomic mass is 10.1. The molecule has 2 amide bonds. The summed E-state index contributed by atoms with van der Waals surface area (Å²) >= 11 is 0. The van der Waals surface area contributed by atoms with Crippen molar-refractivity contribution in [1.82, 2.24) is 5.32 Å².